The Balaban J connectivity index is 1.52. The van der Waals surface area contributed by atoms with Crippen LogP contribution in [0.15, 0.2) is 30.5 Å². The van der Waals surface area contributed by atoms with Crippen LogP contribution in [0.3, 0.4) is 0 Å². The first-order chi connectivity index (χ1) is 16.6. The van der Waals surface area contributed by atoms with Gasteiger partial charge in [-0.3, -0.25) is 4.79 Å². The Kier molecular flexibility index (Phi) is 7.60. The molecule has 4 N–H and O–H groups in total. The SMILES string of the molecule is N#Cc1c[nH]c(C(=O)Nc2ccc(C3CCN(C(=O)NCCO)CC3)cc2C2=CCCCC2)n1. The second-order valence-electron chi connectivity index (χ2n) is 8.70. The van der Waals surface area contributed by atoms with Crippen molar-refractivity contribution < 1.29 is 14.7 Å². The van der Waals surface area contributed by atoms with E-state index in [9.17, 15) is 9.59 Å². The third-order valence-corrected chi connectivity index (χ3v) is 6.48. The number of aromatic amines is 1. The molecular weight excluding hydrogens is 432 g/mol. The molecule has 1 aromatic heterocycles. The summed E-state index contributed by atoms with van der Waals surface area (Å²) in [4.78, 5) is 33.5. The van der Waals surface area contributed by atoms with Crippen molar-refractivity contribution in [1.29, 1.82) is 5.26 Å². The molecule has 178 valence electrons. The van der Waals surface area contributed by atoms with Gasteiger partial charge < -0.3 is 25.6 Å². The van der Waals surface area contributed by atoms with Gasteiger partial charge in [-0.15, -0.1) is 0 Å². The average molecular weight is 463 g/mol. The number of aliphatic hydroxyl groups excluding tert-OH is 1. The molecule has 9 heteroatoms. The molecule has 4 rings (SSSR count). The van der Waals surface area contributed by atoms with E-state index in [0.717, 1.165) is 43.4 Å². The zero-order valence-electron chi connectivity index (χ0n) is 19.1. The highest BCUT2D eigenvalue weighted by Gasteiger charge is 2.25. The fourth-order valence-electron chi connectivity index (χ4n) is 4.64. The summed E-state index contributed by atoms with van der Waals surface area (Å²) in [6.07, 6.45) is 9.68. The highest BCUT2D eigenvalue weighted by atomic mass is 16.3. The number of aliphatic hydroxyl groups is 1. The number of likely N-dealkylation sites (tertiary alicyclic amines) is 1. The van der Waals surface area contributed by atoms with Gasteiger partial charge in [0.1, 0.15) is 6.07 Å². The molecule has 0 spiro atoms. The number of amides is 3. The van der Waals surface area contributed by atoms with Crippen molar-refractivity contribution in [2.45, 2.75) is 44.4 Å². The molecule has 1 aliphatic heterocycles. The van der Waals surface area contributed by atoms with Crippen molar-refractivity contribution in [3.63, 3.8) is 0 Å². The van der Waals surface area contributed by atoms with Crippen LogP contribution in [0.4, 0.5) is 10.5 Å². The van der Waals surface area contributed by atoms with Gasteiger partial charge in [0.25, 0.3) is 5.91 Å². The predicted molar refractivity (Wildman–Crippen MR) is 128 cm³/mol. The summed E-state index contributed by atoms with van der Waals surface area (Å²) in [6.45, 7) is 1.53. The number of nitriles is 1. The van der Waals surface area contributed by atoms with Gasteiger partial charge in [-0.05, 0) is 67.7 Å². The Hall–Kier alpha value is -3.64. The number of benzene rings is 1. The monoisotopic (exact) mass is 462 g/mol. The Bertz CT molecular complexity index is 1110. The summed E-state index contributed by atoms with van der Waals surface area (Å²) in [5.41, 5.74) is 4.38. The summed E-state index contributed by atoms with van der Waals surface area (Å²) in [5, 5.41) is 23.6. The zero-order valence-corrected chi connectivity index (χ0v) is 19.1. The van der Waals surface area contributed by atoms with Crippen molar-refractivity contribution in [3.8, 4) is 6.07 Å². The van der Waals surface area contributed by atoms with E-state index in [1.807, 2.05) is 12.1 Å². The Labute approximate surface area is 198 Å². The predicted octanol–water partition coefficient (Wildman–Crippen LogP) is 3.37. The van der Waals surface area contributed by atoms with Crippen LogP contribution >= 0.6 is 0 Å². The maximum Gasteiger partial charge on any atom is 0.317 e. The van der Waals surface area contributed by atoms with E-state index in [-0.39, 0.29) is 36.6 Å². The number of urea groups is 1. The summed E-state index contributed by atoms with van der Waals surface area (Å²) in [5.74, 6) is 0.0583. The number of allylic oxidation sites excluding steroid dienone is 2. The van der Waals surface area contributed by atoms with Crippen LogP contribution < -0.4 is 10.6 Å². The number of nitrogens with zero attached hydrogens (tertiary/aromatic N) is 3. The number of hydrogen-bond acceptors (Lipinski definition) is 5. The largest absolute Gasteiger partial charge is 0.395 e. The van der Waals surface area contributed by atoms with Gasteiger partial charge in [0.05, 0.1) is 6.61 Å². The van der Waals surface area contributed by atoms with Crippen molar-refractivity contribution in [2.24, 2.45) is 0 Å². The standard InChI is InChI=1S/C25H30N6O3/c26-15-20-16-28-23(29-20)24(33)30-22-7-6-19(14-21(22)18-4-2-1-3-5-18)17-8-11-31(12-9-17)25(34)27-10-13-32/h4,6-7,14,16-17,32H,1-3,5,8-13H2,(H,27,34)(H,28,29)(H,30,33). The molecule has 0 saturated carbocycles. The number of carbonyl (C=O) groups excluding carboxylic acids is 2. The van der Waals surface area contributed by atoms with Gasteiger partial charge in [-0.25, -0.2) is 9.78 Å². The molecule has 34 heavy (non-hydrogen) atoms. The lowest BCUT2D eigenvalue weighted by atomic mass is 9.85. The third-order valence-electron chi connectivity index (χ3n) is 6.48. The lowest BCUT2D eigenvalue weighted by molar-refractivity contribution is 0.101. The van der Waals surface area contributed by atoms with Crippen LogP contribution in [0.5, 0.6) is 0 Å². The van der Waals surface area contributed by atoms with Gasteiger partial charge in [-0.1, -0.05) is 12.1 Å². The normalized spacial score (nSPS) is 16.5. The van der Waals surface area contributed by atoms with E-state index in [1.54, 1.807) is 4.90 Å². The fourth-order valence-corrected chi connectivity index (χ4v) is 4.64. The van der Waals surface area contributed by atoms with E-state index < -0.39 is 0 Å². The minimum atomic E-state index is -0.380. The second-order valence-corrected chi connectivity index (χ2v) is 8.70. The molecule has 0 radical (unpaired) electrons. The molecule has 0 atom stereocenters. The summed E-state index contributed by atoms with van der Waals surface area (Å²) in [6, 6.07) is 7.98. The highest BCUT2D eigenvalue weighted by Crippen LogP contribution is 2.36. The molecule has 1 aliphatic carbocycles. The molecule has 1 saturated heterocycles. The molecule has 2 aliphatic rings. The van der Waals surface area contributed by atoms with Crippen LogP contribution in [0.25, 0.3) is 5.57 Å². The first-order valence-corrected chi connectivity index (χ1v) is 11.8. The van der Waals surface area contributed by atoms with E-state index in [1.165, 1.54) is 23.8 Å². The highest BCUT2D eigenvalue weighted by molar-refractivity contribution is 6.03. The van der Waals surface area contributed by atoms with E-state index >= 15 is 0 Å². The maximum absolute atomic E-state index is 12.7. The van der Waals surface area contributed by atoms with Gasteiger partial charge >= 0.3 is 6.03 Å². The van der Waals surface area contributed by atoms with Gasteiger partial charge in [0, 0.05) is 37.1 Å². The van der Waals surface area contributed by atoms with Crippen LogP contribution in [-0.2, 0) is 0 Å². The minimum absolute atomic E-state index is 0.0663. The number of carbonyl (C=O) groups is 2. The van der Waals surface area contributed by atoms with Gasteiger partial charge in [0.15, 0.2) is 11.5 Å². The smallest absolute Gasteiger partial charge is 0.317 e. The summed E-state index contributed by atoms with van der Waals surface area (Å²) in [7, 11) is 0. The lowest BCUT2D eigenvalue weighted by Crippen LogP contribution is -2.44. The quantitative estimate of drug-likeness (QED) is 0.522. The van der Waals surface area contributed by atoms with E-state index in [2.05, 4.69) is 38.8 Å². The van der Waals surface area contributed by atoms with Crippen molar-refractivity contribution in [3.05, 3.63) is 53.1 Å². The minimum Gasteiger partial charge on any atom is -0.395 e. The molecular formula is C25H30N6O3. The number of hydrogen-bond donors (Lipinski definition) is 4. The van der Waals surface area contributed by atoms with Gasteiger partial charge in [0.2, 0.25) is 0 Å². The zero-order chi connectivity index (χ0) is 23.9. The van der Waals surface area contributed by atoms with Crippen LogP contribution in [0.2, 0.25) is 0 Å². The van der Waals surface area contributed by atoms with Crippen molar-refractivity contribution in [1.82, 2.24) is 20.2 Å². The number of piperidine rings is 1. The summed E-state index contributed by atoms with van der Waals surface area (Å²) >= 11 is 0. The maximum atomic E-state index is 12.7. The van der Waals surface area contributed by atoms with Crippen molar-refractivity contribution in [2.75, 3.05) is 31.6 Å². The number of aromatic nitrogens is 2. The molecule has 2 aromatic rings. The van der Waals surface area contributed by atoms with E-state index in [4.69, 9.17) is 10.4 Å². The topological polar surface area (TPSA) is 134 Å². The molecule has 0 unspecified atom stereocenters. The number of imidazole rings is 1. The molecule has 3 amide bonds. The van der Waals surface area contributed by atoms with Gasteiger partial charge in [-0.2, -0.15) is 5.26 Å². The number of rotatable bonds is 6. The Morgan fingerprint density at radius 3 is 2.76 bits per heavy atom. The fraction of sp³-hybridized carbons (Fsp3) is 0.440. The Morgan fingerprint density at radius 1 is 1.26 bits per heavy atom. The lowest BCUT2D eigenvalue weighted by Gasteiger charge is -2.32. The molecule has 0 bridgehead atoms. The molecule has 9 nitrogen and oxygen atoms in total. The molecule has 1 aromatic carbocycles. The van der Waals surface area contributed by atoms with E-state index in [0.29, 0.717) is 19.0 Å². The second kappa shape index (κ2) is 11.0. The Morgan fingerprint density at radius 2 is 2.09 bits per heavy atom. The first kappa shape index (κ1) is 23.5. The van der Waals surface area contributed by atoms with Crippen LogP contribution in [0.1, 0.15) is 71.9 Å². The number of anilines is 1. The first-order valence-electron chi connectivity index (χ1n) is 11.8. The molecule has 1 fully saturated rings. The summed E-state index contributed by atoms with van der Waals surface area (Å²) < 4.78 is 0. The number of H-pyrrole nitrogens is 1. The van der Waals surface area contributed by atoms with Crippen LogP contribution in [0, 0.1) is 11.3 Å². The van der Waals surface area contributed by atoms with Crippen LogP contribution in [-0.4, -0.2) is 58.2 Å². The number of nitrogens with one attached hydrogen (secondary N) is 3. The third kappa shape index (κ3) is 5.46. The average Bonchev–Trinajstić information content (AvgIpc) is 3.38. The van der Waals surface area contributed by atoms with Crippen molar-refractivity contribution >= 4 is 23.2 Å². The molecule has 2 heterocycles.